The van der Waals surface area contributed by atoms with E-state index in [2.05, 4.69) is 35.6 Å². The van der Waals surface area contributed by atoms with Crippen LogP contribution in [0.2, 0.25) is 0 Å². The van der Waals surface area contributed by atoms with Crippen LogP contribution in [-0.4, -0.2) is 22.0 Å². The highest BCUT2D eigenvalue weighted by molar-refractivity contribution is 7.17. The molecular formula is C21H18N2O2S. The molecule has 0 bridgehead atoms. The number of aromatic nitrogens is 2. The number of nitrogens with zero attached hydrogens (tertiary/aromatic N) is 2. The van der Waals surface area contributed by atoms with E-state index in [1.165, 1.54) is 11.3 Å². The van der Waals surface area contributed by atoms with Crippen molar-refractivity contribution in [3.8, 4) is 21.8 Å². The molecule has 0 saturated heterocycles. The molecule has 0 saturated carbocycles. The number of fused-ring (bicyclic) bond motifs is 1. The van der Waals surface area contributed by atoms with Gasteiger partial charge in [0, 0.05) is 11.8 Å². The van der Waals surface area contributed by atoms with E-state index in [1.807, 2.05) is 43.5 Å². The summed E-state index contributed by atoms with van der Waals surface area (Å²) >= 11 is 1.43. The van der Waals surface area contributed by atoms with Gasteiger partial charge in [0.15, 0.2) is 0 Å². The van der Waals surface area contributed by atoms with E-state index in [1.54, 1.807) is 0 Å². The van der Waals surface area contributed by atoms with E-state index in [0.29, 0.717) is 11.5 Å². The number of ether oxygens (including phenoxy) is 1. The van der Waals surface area contributed by atoms with Crippen LogP contribution in [0.5, 0.6) is 0 Å². The van der Waals surface area contributed by atoms with Gasteiger partial charge in [0.25, 0.3) is 0 Å². The number of benzene rings is 1. The fourth-order valence-corrected chi connectivity index (χ4v) is 3.90. The topological polar surface area (TPSA) is 43.6 Å². The summed E-state index contributed by atoms with van der Waals surface area (Å²) in [5.74, 6) is -0.283. The van der Waals surface area contributed by atoms with E-state index >= 15 is 0 Å². The minimum atomic E-state index is -0.283. The van der Waals surface area contributed by atoms with Gasteiger partial charge >= 0.3 is 5.97 Å². The summed E-state index contributed by atoms with van der Waals surface area (Å²) in [6, 6.07) is 18.0. The lowest BCUT2D eigenvalue weighted by Gasteiger charge is -2.04. The number of aryl methyl sites for hydroxylation is 1. The predicted octanol–water partition coefficient (Wildman–Crippen LogP) is 5.21. The zero-order valence-electron chi connectivity index (χ0n) is 14.6. The number of esters is 1. The average Bonchev–Trinajstić information content (AvgIpc) is 3.26. The fourth-order valence-electron chi connectivity index (χ4n) is 2.96. The van der Waals surface area contributed by atoms with Crippen molar-refractivity contribution in [2.24, 2.45) is 0 Å². The lowest BCUT2D eigenvalue weighted by molar-refractivity contribution is 0.0532. The molecule has 130 valence electrons. The normalized spacial score (nSPS) is 11.0. The Morgan fingerprint density at radius 3 is 2.73 bits per heavy atom. The van der Waals surface area contributed by atoms with Crippen molar-refractivity contribution in [2.45, 2.75) is 13.8 Å². The third kappa shape index (κ3) is 2.91. The van der Waals surface area contributed by atoms with Crippen molar-refractivity contribution in [1.29, 1.82) is 0 Å². The summed E-state index contributed by atoms with van der Waals surface area (Å²) in [7, 11) is 0. The second-order valence-corrected chi connectivity index (χ2v) is 7.08. The van der Waals surface area contributed by atoms with Crippen molar-refractivity contribution in [3.63, 3.8) is 0 Å². The van der Waals surface area contributed by atoms with Crippen molar-refractivity contribution in [2.75, 3.05) is 6.61 Å². The Bertz CT molecular complexity index is 1080. The van der Waals surface area contributed by atoms with Crippen LogP contribution in [0.25, 0.3) is 27.5 Å². The zero-order chi connectivity index (χ0) is 18.1. The first-order valence-corrected chi connectivity index (χ1v) is 9.30. The molecule has 0 spiro atoms. The Morgan fingerprint density at radius 1 is 1.15 bits per heavy atom. The lowest BCUT2D eigenvalue weighted by Crippen LogP contribution is -2.01. The van der Waals surface area contributed by atoms with E-state index in [0.717, 1.165) is 33.0 Å². The van der Waals surface area contributed by atoms with Gasteiger partial charge in [0.2, 0.25) is 0 Å². The zero-order valence-corrected chi connectivity index (χ0v) is 15.4. The van der Waals surface area contributed by atoms with E-state index in [-0.39, 0.29) is 5.97 Å². The Labute approximate surface area is 155 Å². The van der Waals surface area contributed by atoms with Crippen LogP contribution in [0, 0.1) is 6.92 Å². The second kappa shape index (κ2) is 6.77. The number of thiophene rings is 1. The average molecular weight is 362 g/mol. The first-order chi connectivity index (χ1) is 12.7. The molecule has 0 aliphatic carbocycles. The van der Waals surface area contributed by atoms with Gasteiger partial charge < -0.3 is 4.74 Å². The van der Waals surface area contributed by atoms with Gasteiger partial charge in [-0.1, -0.05) is 30.3 Å². The van der Waals surface area contributed by atoms with Gasteiger partial charge in [-0.15, -0.1) is 11.3 Å². The monoisotopic (exact) mass is 362 g/mol. The van der Waals surface area contributed by atoms with Gasteiger partial charge in [0.1, 0.15) is 10.5 Å². The summed E-state index contributed by atoms with van der Waals surface area (Å²) in [6.45, 7) is 4.24. The van der Waals surface area contributed by atoms with Crippen LogP contribution in [0.1, 0.15) is 22.2 Å². The molecule has 0 amide bonds. The van der Waals surface area contributed by atoms with Crippen LogP contribution in [0.4, 0.5) is 0 Å². The van der Waals surface area contributed by atoms with Crippen LogP contribution in [0.15, 0.2) is 60.8 Å². The van der Waals surface area contributed by atoms with Crippen LogP contribution in [-0.2, 0) is 4.74 Å². The Hall–Kier alpha value is -2.92. The lowest BCUT2D eigenvalue weighted by atomic mass is 10.1. The summed E-state index contributed by atoms with van der Waals surface area (Å²) in [6.07, 6.45) is 2.03. The quantitative estimate of drug-likeness (QED) is 0.468. The fraction of sp³-hybridized carbons (Fsp3) is 0.143. The maximum atomic E-state index is 12.1. The minimum absolute atomic E-state index is 0.283. The Kier molecular flexibility index (Phi) is 4.31. The molecule has 3 aromatic heterocycles. The van der Waals surface area contributed by atoms with Crippen molar-refractivity contribution in [1.82, 2.24) is 9.38 Å². The van der Waals surface area contributed by atoms with Crippen molar-refractivity contribution < 1.29 is 9.53 Å². The minimum Gasteiger partial charge on any atom is -0.462 e. The molecule has 26 heavy (non-hydrogen) atoms. The third-order valence-electron chi connectivity index (χ3n) is 4.14. The molecule has 4 rings (SSSR count). The number of carbonyl (C=O) groups excluding carboxylic acids is 1. The molecule has 0 atom stereocenters. The molecule has 0 radical (unpaired) electrons. The summed E-state index contributed by atoms with van der Waals surface area (Å²) in [5, 5.41) is 0. The first-order valence-electron chi connectivity index (χ1n) is 8.49. The second-order valence-electron chi connectivity index (χ2n) is 5.99. The number of hydrogen-bond acceptors (Lipinski definition) is 4. The standard InChI is InChI=1S/C21H18N2O2S/c1-3-25-21(24)17-10-9-16(26-17)20-19(15-7-5-4-6-8-15)22-18-13-14(2)11-12-23(18)20/h4-13H,3H2,1-2H3. The van der Waals surface area contributed by atoms with Gasteiger partial charge in [-0.2, -0.15) is 0 Å². The number of imidazole rings is 1. The van der Waals surface area contributed by atoms with E-state index in [9.17, 15) is 4.79 Å². The smallest absolute Gasteiger partial charge is 0.348 e. The maximum Gasteiger partial charge on any atom is 0.348 e. The Balaban J connectivity index is 1.92. The highest BCUT2D eigenvalue weighted by Crippen LogP contribution is 2.37. The highest BCUT2D eigenvalue weighted by atomic mass is 32.1. The molecule has 5 heteroatoms. The molecule has 4 nitrogen and oxygen atoms in total. The molecule has 4 aromatic rings. The van der Waals surface area contributed by atoms with Gasteiger partial charge in [-0.3, -0.25) is 4.40 Å². The summed E-state index contributed by atoms with van der Waals surface area (Å²) in [5.41, 5.74) is 5.01. The van der Waals surface area contributed by atoms with Crippen LogP contribution < -0.4 is 0 Å². The van der Waals surface area contributed by atoms with E-state index in [4.69, 9.17) is 9.72 Å². The SMILES string of the molecule is CCOC(=O)c1ccc(-c2c(-c3ccccc3)nc3cc(C)ccn23)s1. The predicted molar refractivity (Wildman–Crippen MR) is 105 cm³/mol. The molecule has 1 aromatic carbocycles. The summed E-state index contributed by atoms with van der Waals surface area (Å²) < 4.78 is 7.21. The molecular weight excluding hydrogens is 344 g/mol. The van der Waals surface area contributed by atoms with Gasteiger partial charge in [0.05, 0.1) is 22.9 Å². The highest BCUT2D eigenvalue weighted by Gasteiger charge is 2.19. The van der Waals surface area contributed by atoms with Crippen molar-refractivity contribution >= 4 is 23.0 Å². The molecule has 3 heterocycles. The van der Waals surface area contributed by atoms with Gasteiger partial charge in [-0.25, -0.2) is 9.78 Å². The van der Waals surface area contributed by atoms with Gasteiger partial charge in [-0.05, 0) is 43.7 Å². The molecule has 0 fully saturated rings. The molecule has 0 N–H and O–H groups in total. The van der Waals surface area contributed by atoms with Crippen molar-refractivity contribution in [3.05, 3.63) is 71.2 Å². The summed E-state index contributed by atoms with van der Waals surface area (Å²) in [4.78, 5) is 18.5. The molecule has 0 aliphatic rings. The Morgan fingerprint density at radius 2 is 1.96 bits per heavy atom. The van der Waals surface area contributed by atoms with E-state index < -0.39 is 0 Å². The first kappa shape index (κ1) is 16.5. The molecule has 0 unspecified atom stereocenters. The number of rotatable bonds is 4. The van der Waals surface area contributed by atoms with Crippen LogP contribution in [0.3, 0.4) is 0 Å². The number of hydrogen-bond donors (Lipinski definition) is 0. The number of carbonyl (C=O) groups is 1. The maximum absolute atomic E-state index is 12.1. The molecule has 0 aliphatic heterocycles. The van der Waals surface area contributed by atoms with Crippen LogP contribution >= 0.6 is 11.3 Å². The third-order valence-corrected chi connectivity index (χ3v) is 5.22. The number of pyridine rings is 1. The largest absolute Gasteiger partial charge is 0.462 e.